The largest absolute Gasteiger partial charge is 0.439 e. The number of rotatable bonds is 0. The summed E-state index contributed by atoms with van der Waals surface area (Å²) in [6.45, 7) is 11.9. The smallest absolute Gasteiger partial charge is 0.192 e. The molecule has 1 atom stereocenters. The van der Waals surface area contributed by atoms with Gasteiger partial charge in [0, 0.05) is 6.92 Å². The van der Waals surface area contributed by atoms with Crippen LogP contribution in [0.4, 0.5) is 0 Å². The van der Waals surface area contributed by atoms with Crippen LogP contribution >= 0.6 is 0 Å². The molecule has 0 fully saturated rings. The molecule has 0 amide bonds. The molecule has 0 saturated heterocycles. The SMILES string of the molecule is CC.CC.Cc1nc2c(o1)C=NC(C)C=C2. The number of oxazole rings is 1. The van der Waals surface area contributed by atoms with Gasteiger partial charge in [-0.15, -0.1) is 0 Å². The van der Waals surface area contributed by atoms with Crippen LogP contribution in [-0.4, -0.2) is 17.2 Å². The van der Waals surface area contributed by atoms with Gasteiger partial charge in [-0.1, -0.05) is 33.8 Å². The predicted molar refractivity (Wildman–Crippen MR) is 70.0 cm³/mol. The van der Waals surface area contributed by atoms with Crippen LogP contribution in [0.1, 0.15) is 52.0 Å². The van der Waals surface area contributed by atoms with Gasteiger partial charge in [0.25, 0.3) is 0 Å². The van der Waals surface area contributed by atoms with Gasteiger partial charge in [0.15, 0.2) is 11.7 Å². The second kappa shape index (κ2) is 7.85. The molecule has 0 aliphatic carbocycles. The zero-order valence-electron chi connectivity index (χ0n) is 11.1. The minimum Gasteiger partial charge on any atom is -0.439 e. The highest BCUT2D eigenvalue weighted by atomic mass is 16.4. The van der Waals surface area contributed by atoms with Crippen molar-refractivity contribution in [3.63, 3.8) is 0 Å². The molecule has 0 saturated carbocycles. The number of fused-ring (bicyclic) bond motifs is 1. The Labute approximate surface area is 98.3 Å². The molecule has 90 valence electrons. The van der Waals surface area contributed by atoms with Crippen LogP contribution in [0.2, 0.25) is 0 Å². The maximum Gasteiger partial charge on any atom is 0.192 e. The summed E-state index contributed by atoms with van der Waals surface area (Å²) in [4.78, 5) is 8.43. The minimum atomic E-state index is 0.217. The first-order valence-electron chi connectivity index (χ1n) is 5.94. The van der Waals surface area contributed by atoms with Crippen LogP contribution in [0.3, 0.4) is 0 Å². The van der Waals surface area contributed by atoms with Gasteiger partial charge in [-0.3, -0.25) is 4.99 Å². The summed E-state index contributed by atoms with van der Waals surface area (Å²) < 4.78 is 5.32. The lowest BCUT2D eigenvalue weighted by Crippen LogP contribution is -1.89. The molecule has 1 aliphatic rings. The second-order valence-corrected chi connectivity index (χ2v) is 2.86. The van der Waals surface area contributed by atoms with Gasteiger partial charge < -0.3 is 4.42 Å². The summed E-state index contributed by atoms with van der Waals surface area (Å²) in [7, 11) is 0. The molecule has 3 nitrogen and oxygen atoms in total. The van der Waals surface area contributed by atoms with Gasteiger partial charge in [-0.05, 0) is 13.0 Å². The molecule has 1 aromatic rings. The summed E-state index contributed by atoms with van der Waals surface area (Å²) in [5, 5.41) is 0. The Morgan fingerprint density at radius 1 is 1.19 bits per heavy atom. The first-order valence-corrected chi connectivity index (χ1v) is 5.94. The zero-order chi connectivity index (χ0) is 12.6. The molecule has 1 aromatic heterocycles. The molecule has 2 heterocycles. The van der Waals surface area contributed by atoms with E-state index >= 15 is 0 Å². The summed E-state index contributed by atoms with van der Waals surface area (Å²) >= 11 is 0. The summed E-state index contributed by atoms with van der Waals surface area (Å²) in [6, 6.07) is 0.217. The van der Waals surface area contributed by atoms with E-state index in [0.717, 1.165) is 11.5 Å². The quantitative estimate of drug-likeness (QED) is 0.668. The van der Waals surface area contributed by atoms with E-state index in [0.29, 0.717) is 5.89 Å². The van der Waals surface area contributed by atoms with Crippen molar-refractivity contribution in [3.05, 3.63) is 23.4 Å². The molecule has 3 heteroatoms. The normalized spacial score (nSPS) is 16.2. The molecule has 16 heavy (non-hydrogen) atoms. The Kier molecular flexibility index (Phi) is 7.18. The summed E-state index contributed by atoms with van der Waals surface area (Å²) in [6.07, 6.45) is 5.69. The molecular weight excluding hydrogens is 200 g/mol. The third kappa shape index (κ3) is 4.01. The van der Waals surface area contributed by atoms with Gasteiger partial charge in [-0.2, -0.15) is 0 Å². The van der Waals surface area contributed by atoms with Crippen molar-refractivity contribution in [1.82, 2.24) is 4.98 Å². The Morgan fingerprint density at radius 3 is 2.44 bits per heavy atom. The molecule has 2 rings (SSSR count). The van der Waals surface area contributed by atoms with Crippen molar-refractivity contribution in [2.45, 2.75) is 47.6 Å². The van der Waals surface area contributed by atoms with Gasteiger partial charge in [-0.25, -0.2) is 4.98 Å². The highest BCUT2D eigenvalue weighted by Gasteiger charge is 2.08. The van der Waals surface area contributed by atoms with Crippen molar-refractivity contribution < 1.29 is 4.42 Å². The Balaban J connectivity index is 0.000000509. The van der Waals surface area contributed by atoms with E-state index in [1.54, 1.807) is 6.21 Å². The molecule has 1 unspecified atom stereocenters. The Hall–Kier alpha value is -1.38. The van der Waals surface area contributed by atoms with E-state index < -0.39 is 0 Å². The first-order chi connectivity index (χ1) is 7.75. The molecule has 1 aliphatic heterocycles. The monoisotopic (exact) mass is 222 g/mol. The summed E-state index contributed by atoms with van der Waals surface area (Å²) in [5.74, 6) is 1.44. The maximum absolute atomic E-state index is 5.32. The van der Waals surface area contributed by atoms with Crippen molar-refractivity contribution >= 4 is 12.3 Å². The number of nitrogens with zero attached hydrogens (tertiary/aromatic N) is 2. The number of aromatic nitrogens is 1. The molecule has 0 bridgehead atoms. The fourth-order valence-corrected chi connectivity index (χ4v) is 1.14. The first kappa shape index (κ1) is 14.6. The number of hydrogen-bond acceptors (Lipinski definition) is 3. The van der Waals surface area contributed by atoms with E-state index in [4.69, 9.17) is 4.42 Å². The molecular formula is C13H22N2O. The fraction of sp³-hybridized carbons (Fsp3) is 0.538. The highest BCUT2D eigenvalue weighted by molar-refractivity contribution is 5.82. The molecule has 0 aromatic carbocycles. The van der Waals surface area contributed by atoms with E-state index in [1.807, 2.05) is 53.7 Å². The average Bonchev–Trinajstić information content (AvgIpc) is 2.61. The molecule has 0 N–H and O–H groups in total. The average molecular weight is 222 g/mol. The van der Waals surface area contributed by atoms with E-state index in [2.05, 4.69) is 9.98 Å². The maximum atomic E-state index is 5.32. The lowest BCUT2D eigenvalue weighted by atomic mass is 10.3. The fourth-order valence-electron chi connectivity index (χ4n) is 1.14. The van der Waals surface area contributed by atoms with Gasteiger partial charge in [0.1, 0.15) is 5.69 Å². The lowest BCUT2D eigenvalue weighted by molar-refractivity contribution is 0.515. The van der Waals surface area contributed by atoms with Gasteiger partial charge in [0.2, 0.25) is 0 Å². The number of hydrogen-bond donors (Lipinski definition) is 0. The van der Waals surface area contributed by atoms with Gasteiger partial charge >= 0.3 is 0 Å². The standard InChI is InChI=1S/C9H10N2O.2C2H6/c1-6-3-4-8-9(5-10-6)12-7(2)11-8;2*1-2/h3-6H,1-2H3;2*1-2H3. The number of aliphatic imine (C=N–C) groups is 1. The molecule has 0 spiro atoms. The Bertz CT molecular complexity index is 319. The highest BCUT2D eigenvalue weighted by Crippen LogP contribution is 2.13. The second-order valence-electron chi connectivity index (χ2n) is 2.86. The van der Waals surface area contributed by atoms with Crippen LogP contribution < -0.4 is 0 Å². The summed E-state index contributed by atoms with van der Waals surface area (Å²) in [5.41, 5.74) is 0.876. The number of aryl methyl sites for hydroxylation is 1. The van der Waals surface area contributed by atoms with E-state index in [1.165, 1.54) is 0 Å². The van der Waals surface area contributed by atoms with Gasteiger partial charge in [0.05, 0.1) is 12.3 Å². The van der Waals surface area contributed by atoms with Crippen LogP contribution in [0.5, 0.6) is 0 Å². The third-order valence-electron chi connectivity index (χ3n) is 1.75. The van der Waals surface area contributed by atoms with Crippen LogP contribution in [0.15, 0.2) is 15.5 Å². The minimum absolute atomic E-state index is 0.217. The van der Waals surface area contributed by atoms with Crippen molar-refractivity contribution in [2.24, 2.45) is 4.99 Å². The molecule has 0 radical (unpaired) electrons. The predicted octanol–water partition coefficient (Wildman–Crippen LogP) is 3.87. The third-order valence-corrected chi connectivity index (χ3v) is 1.75. The van der Waals surface area contributed by atoms with Crippen LogP contribution in [0, 0.1) is 6.92 Å². The van der Waals surface area contributed by atoms with E-state index in [-0.39, 0.29) is 6.04 Å². The van der Waals surface area contributed by atoms with Crippen LogP contribution in [0.25, 0.3) is 6.08 Å². The lowest BCUT2D eigenvalue weighted by Gasteiger charge is -1.91. The van der Waals surface area contributed by atoms with E-state index in [9.17, 15) is 0 Å². The topological polar surface area (TPSA) is 38.4 Å². The van der Waals surface area contributed by atoms with Crippen molar-refractivity contribution in [3.8, 4) is 0 Å². The van der Waals surface area contributed by atoms with Crippen LogP contribution in [-0.2, 0) is 0 Å². The van der Waals surface area contributed by atoms with Crippen molar-refractivity contribution in [2.75, 3.05) is 0 Å². The van der Waals surface area contributed by atoms with Crippen molar-refractivity contribution in [1.29, 1.82) is 0 Å². The Morgan fingerprint density at radius 2 is 1.81 bits per heavy atom. The zero-order valence-corrected chi connectivity index (χ0v) is 11.1.